The Bertz CT molecular complexity index is 635. The standard InChI is InChI=1S/C24H40BO12/c1-5-9-13-30-21(26)17-18(22(27)31-14-10-6-2)35-25(34-17)36-19(23(28)32-15-11-7-3)20(37-25)24(29)33-16-12-8-4/h17-20H,5-16H2,1-4H3/q-1/t17-,18-,19-,20-/m1/s1. The van der Waals surface area contributed by atoms with Crippen LogP contribution in [0.5, 0.6) is 0 Å². The first kappa shape index (κ1) is 31.0. The van der Waals surface area contributed by atoms with Gasteiger partial charge in [0.15, 0.2) is 24.4 Å². The third-order valence-electron chi connectivity index (χ3n) is 5.70. The number of ether oxygens (including phenoxy) is 4. The first-order valence-corrected chi connectivity index (χ1v) is 13.3. The Balaban J connectivity index is 2.24. The van der Waals surface area contributed by atoms with E-state index in [1.807, 2.05) is 27.7 Å². The summed E-state index contributed by atoms with van der Waals surface area (Å²) >= 11 is 0. The molecule has 0 radical (unpaired) electrons. The van der Waals surface area contributed by atoms with Crippen LogP contribution >= 0.6 is 0 Å². The van der Waals surface area contributed by atoms with Crippen molar-refractivity contribution in [2.45, 2.75) is 103 Å². The van der Waals surface area contributed by atoms with Crippen LogP contribution in [0.1, 0.15) is 79.1 Å². The van der Waals surface area contributed by atoms with E-state index in [-0.39, 0.29) is 26.4 Å². The molecule has 2 aliphatic rings. The van der Waals surface area contributed by atoms with Crippen molar-refractivity contribution in [3.8, 4) is 0 Å². The van der Waals surface area contributed by atoms with Crippen molar-refractivity contribution < 1.29 is 56.7 Å². The van der Waals surface area contributed by atoms with Gasteiger partial charge in [0.05, 0.1) is 26.4 Å². The Morgan fingerprint density at radius 3 is 0.892 bits per heavy atom. The van der Waals surface area contributed by atoms with Crippen molar-refractivity contribution in [2.75, 3.05) is 26.4 Å². The van der Waals surface area contributed by atoms with Crippen molar-refractivity contribution in [2.24, 2.45) is 0 Å². The van der Waals surface area contributed by atoms with Crippen LogP contribution in [-0.4, -0.2) is 81.7 Å². The van der Waals surface area contributed by atoms with E-state index in [1.165, 1.54) is 0 Å². The van der Waals surface area contributed by atoms with E-state index in [9.17, 15) is 19.2 Å². The molecule has 0 amide bonds. The lowest BCUT2D eigenvalue weighted by atomic mass is 10.1. The second-order valence-corrected chi connectivity index (χ2v) is 8.89. The molecule has 2 saturated heterocycles. The van der Waals surface area contributed by atoms with Crippen LogP contribution in [0.3, 0.4) is 0 Å². The Labute approximate surface area is 217 Å². The largest absolute Gasteiger partial charge is 0.533 e. The van der Waals surface area contributed by atoms with Crippen molar-refractivity contribution >= 4 is 30.8 Å². The first-order chi connectivity index (χ1) is 17.8. The molecule has 0 aromatic carbocycles. The van der Waals surface area contributed by atoms with Gasteiger partial charge in [-0.25, -0.2) is 19.2 Å². The lowest BCUT2D eigenvalue weighted by Crippen LogP contribution is -2.42. The molecule has 4 atom stereocenters. The molecular weight excluding hydrogens is 491 g/mol. The Kier molecular flexibility index (Phi) is 13.3. The molecule has 37 heavy (non-hydrogen) atoms. The summed E-state index contributed by atoms with van der Waals surface area (Å²) in [7, 11) is 0. The highest BCUT2D eigenvalue weighted by molar-refractivity contribution is 6.56. The topological polar surface area (TPSA) is 142 Å². The van der Waals surface area contributed by atoms with E-state index in [1.54, 1.807) is 0 Å². The van der Waals surface area contributed by atoms with Crippen LogP contribution in [0.2, 0.25) is 0 Å². The fraction of sp³-hybridized carbons (Fsp3) is 0.833. The lowest BCUT2D eigenvalue weighted by Gasteiger charge is -2.28. The third kappa shape index (κ3) is 8.94. The Hall–Kier alpha value is -2.22. The fourth-order valence-electron chi connectivity index (χ4n) is 3.51. The molecule has 13 heteroatoms. The molecule has 0 aromatic rings. The van der Waals surface area contributed by atoms with Crippen LogP contribution in [0.25, 0.3) is 0 Å². The second kappa shape index (κ2) is 15.9. The molecule has 0 unspecified atom stereocenters. The lowest BCUT2D eigenvalue weighted by molar-refractivity contribution is -0.163. The van der Waals surface area contributed by atoms with Gasteiger partial charge in [0.2, 0.25) is 0 Å². The maximum atomic E-state index is 12.8. The summed E-state index contributed by atoms with van der Waals surface area (Å²) in [4.78, 5) is 51.1. The zero-order chi connectivity index (χ0) is 27.3. The van der Waals surface area contributed by atoms with Gasteiger partial charge >= 0.3 is 30.8 Å². The van der Waals surface area contributed by atoms with E-state index in [0.29, 0.717) is 25.7 Å². The zero-order valence-corrected chi connectivity index (χ0v) is 22.3. The molecule has 2 rings (SSSR count). The zero-order valence-electron chi connectivity index (χ0n) is 22.3. The predicted octanol–water partition coefficient (Wildman–Crippen LogP) is 2.36. The van der Waals surface area contributed by atoms with Gasteiger partial charge in [0, 0.05) is 0 Å². The molecule has 2 aliphatic heterocycles. The average molecular weight is 531 g/mol. The minimum Gasteiger partial charge on any atom is -0.505 e. The Morgan fingerprint density at radius 2 is 0.703 bits per heavy atom. The van der Waals surface area contributed by atoms with Crippen LogP contribution in [0.15, 0.2) is 0 Å². The highest BCUT2D eigenvalue weighted by Gasteiger charge is 2.61. The smallest absolute Gasteiger partial charge is 0.505 e. The van der Waals surface area contributed by atoms with Gasteiger partial charge in [0.25, 0.3) is 0 Å². The number of hydrogen-bond donors (Lipinski definition) is 0. The van der Waals surface area contributed by atoms with E-state index in [0.717, 1.165) is 25.7 Å². The normalized spacial score (nSPS) is 24.1. The molecule has 212 valence electrons. The van der Waals surface area contributed by atoms with Crippen LogP contribution in [0.4, 0.5) is 0 Å². The average Bonchev–Trinajstić information content (AvgIpc) is 3.45. The maximum absolute atomic E-state index is 12.8. The number of hydrogen-bond acceptors (Lipinski definition) is 12. The summed E-state index contributed by atoms with van der Waals surface area (Å²) < 4.78 is 43.5. The Morgan fingerprint density at radius 1 is 0.486 bits per heavy atom. The first-order valence-electron chi connectivity index (χ1n) is 13.3. The van der Waals surface area contributed by atoms with Crippen molar-refractivity contribution in [1.82, 2.24) is 0 Å². The molecular formula is C24H40BO12-. The number of carbonyl (C=O) groups is 4. The minimum absolute atomic E-state index is 0.104. The minimum atomic E-state index is -3.35. The molecule has 0 bridgehead atoms. The van der Waals surface area contributed by atoms with Gasteiger partial charge in [-0.15, -0.1) is 0 Å². The second-order valence-electron chi connectivity index (χ2n) is 8.89. The van der Waals surface area contributed by atoms with E-state index in [4.69, 9.17) is 37.6 Å². The van der Waals surface area contributed by atoms with Crippen molar-refractivity contribution in [3.63, 3.8) is 0 Å². The highest BCUT2D eigenvalue weighted by Crippen LogP contribution is 2.37. The van der Waals surface area contributed by atoms with Crippen LogP contribution < -0.4 is 0 Å². The fourth-order valence-corrected chi connectivity index (χ4v) is 3.51. The van der Waals surface area contributed by atoms with Gasteiger partial charge in [0.1, 0.15) is 0 Å². The van der Waals surface area contributed by atoms with Crippen molar-refractivity contribution in [3.05, 3.63) is 0 Å². The summed E-state index contributed by atoms with van der Waals surface area (Å²) in [6, 6.07) is 0. The molecule has 0 aromatic heterocycles. The predicted molar refractivity (Wildman–Crippen MR) is 129 cm³/mol. The van der Waals surface area contributed by atoms with Gasteiger partial charge < -0.3 is 37.6 Å². The van der Waals surface area contributed by atoms with Crippen molar-refractivity contribution in [1.29, 1.82) is 0 Å². The molecule has 0 N–H and O–H groups in total. The van der Waals surface area contributed by atoms with Gasteiger partial charge in [-0.1, -0.05) is 53.4 Å². The molecule has 12 nitrogen and oxygen atoms in total. The number of carbonyl (C=O) groups excluding carboxylic acids is 4. The number of unbranched alkanes of at least 4 members (excludes halogenated alkanes) is 4. The molecule has 0 saturated carbocycles. The van der Waals surface area contributed by atoms with E-state index in [2.05, 4.69) is 0 Å². The van der Waals surface area contributed by atoms with Crippen LogP contribution in [-0.2, 0) is 56.7 Å². The highest BCUT2D eigenvalue weighted by atomic mass is 16.9. The summed E-state index contributed by atoms with van der Waals surface area (Å²) in [5.74, 6) is -3.53. The summed E-state index contributed by atoms with van der Waals surface area (Å²) in [6.45, 7) is 4.77. The monoisotopic (exact) mass is 531 g/mol. The van der Waals surface area contributed by atoms with Gasteiger partial charge in [-0.2, -0.15) is 0 Å². The maximum Gasteiger partial charge on any atom is 0.533 e. The number of rotatable bonds is 16. The third-order valence-corrected chi connectivity index (χ3v) is 5.70. The summed E-state index contributed by atoms with van der Waals surface area (Å²) in [6.07, 6.45) is -0.814. The molecule has 1 spiro atoms. The van der Waals surface area contributed by atoms with Gasteiger partial charge in [-0.05, 0) is 25.7 Å². The number of esters is 4. The SMILES string of the molecule is CCCCOC(=O)[C@@H]1O[B-]2(O[C@H]1C(=O)OCCCC)O[C@@H](C(=O)OCCCC)[C@H](C(=O)OCCCC)O2. The van der Waals surface area contributed by atoms with E-state index >= 15 is 0 Å². The molecule has 2 heterocycles. The quantitative estimate of drug-likeness (QED) is 0.125. The van der Waals surface area contributed by atoms with Gasteiger partial charge in [-0.3, -0.25) is 0 Å². The molecule has 2 fully saturated rings. The summed E-state index contributed by atoms with van der Waals surface area (Å²) in [5, 5.41) is 0. The van der Waals surface area contributed by atoms with Crippen LogP contribution in [0, 0.1) is 0 Å². The van der Waals surface area contributed by atoms with E-state index < -0.39 is 55.3 Å². The molecule has 0 aliphatic carbocycles. The summed E-state index contributed by atoms with van der Waals surface area (Å²) in [5.41, 5.74) is 0.